The maximum atomic E-state index is 16.1. The Hall–Kier alpha value is -2.82. The van der Waals surface area contributed by atoms with E-state index in [1.54, 1.807) is 9.80 Å². The van der Waals surface area contributed by atoms with Crippen LogP contribution < -0.4 is 4.90 Å². The molecule has 220 valence electrons. The highest BCUT2D eigenvalue weighted by Gasteiger charge is 2.66. The molecule has 2 amide bonds. The van der Waals surface area contributed by atoms with Crippen LogP contribution in [0.15, 0.2) is 72.8 Å². The predicted octanol–water partition coefficient (Wildman–Crippen LogP) is 5.77. The number of alkyl halides is 1. The van der Waals surface area contributed by atoms with E-state index in [-0.39, 0.29) is 30.9 Å². The fourth-order valence-electron chi connectivity index (χ4n) is 7.47. The molecule has 1 spiro atoms. The molecule has 0 aromatic heterocycles. The van der Waals surface area contributed by atoms with Crippen LogP contribution >= 0.6 is 22.6 Å². The van der Waals surface area contributed by atoms with Gasteiger partial charge in [0.2, 0.25) is 5.91 Å². The summed E-state index contributed by atoms with van der Waals surface area (Å²) in [6.07, 6.45) is -0.343. The van der Waals surface area contributed by atoms with E-state index in [0.717, 1.165) is 31.5 Å². The first-order valence-electron chi connectivity index (χ1n) is 14.5. The minimum atomic E-state index is -1.71. The Kier molecular flexibility index (Phi) is 7.68. The molecule has 1 fully saturated rings. The van der Waals surface area contributed by atoms with E-state index < -0.39 is 29.2 Å². The second-order valence-electron chi connectivity index (χ2n) is 12.3. The second kappa shape index (κ2) is 11.0. The number of aliphatic hydroxyl groups is 1. The van der Waals surface area contributed by atoms with Gasteiger partial charge < -0.3 is 19.6 Å². The molecule has 0 bridgehead atoms. The van der Waals surface area contributed by atoms with Crippen molar-refractivity contribution in [2.75, 3.05) is 11.5 Å². The molecular weight excluding hydrogens is 646 g/mol. The highest BCUT2D eigenvalue weighted by atomic mass is 127. The number of fused-ring (bicyclic) bond motifs is 3. The molecule has 6 nitrogen and oxygen atoms in total. The van der Waals surface area contributed by atoms with E-state index in [4.69, 9.17) is 4.74 Å². The van der Waals surface area contributed by atoms with E-state index in [0.29, 0.717) is 19.5 Å². The third-order valence-corrected chi connectivity index (χ3v) is 10.0. The Labute approximate surface area is 260 Å². The lowest BCUT2D eigenvalue weighted by Gasteiger charge is -2.37. The Morgan fingerprint density at radius 3 is 2.48 bits per heavy atom. The van der Waals surface area contributed by atoms with E-state index in [2.05, 4.69) is 22.6 Å². The molecule has 6 rings (SSSR count). The number of amides is 2. The summed E-state index contributed by atoms with van der Waals surface area (Å²) < 4.78 is 23.8. The largest absolute Gasteiger partial charge is 0.394 e. The molecule has 42 heavy (non-hydrogen) atoms. The van der Waals surface area contributed by atoms with Crippen LogP contribution in [-0.2, 0) is 39.4 Å². The summed E-state index contributed by atoms with van der Waals surface area (Å²) in [5, 5.41) is 10.2. The lowest BCUT2D eigenvalue weighted by atomic mass is 9.71. The molecule has 0 unspecified atom stereocenters. The minimum absolute atomic E-state index is 0.0754. The van der Waals surface area contributed by atoms with Crippen molar-refractivity contribution in [2.45, 2.75) is 70.1 Å². The Bertz CT molecular complexity index is 1510. The normalized spacial score (nSPS) is 27.0. The fourth-order valence-corrected chi connectivity index (χ4v) is 7.97. The number of aliphatic hydroxyl groups excluding tert-OH is 1. The predicted molar refractivity (Wildman–Crippen MR) is 167 cm³/mol. The first-order valence-corrected chi connectivity index (χ1v) is 15.6. The number of ether oxygens (including phenoxy) is 1. The SMILES string of the molecule is C[C@H]1[C@H](C(C)(C)F)[C@@H](CC(=O)N2Cc3ccccc3C[C@H]2CO)O[C@]12C(=O)N(Cc1ccccc1)c1ccc(I)cc12. The average molecular weight is 683 g/mol. The van der Waals surface area contributed by atoms with Crippen molar-refractivity contribution in [3.63, 3.8) is 0 Å². The Morgan fingerprint density at radius 1 is 1.10 bits per heavy atom. The van der Waals surface area contributed by atoms with Crippen LogP contribution in [0.1, 0.15) is 49.4 Å². The molecule has 0 radical (unpaired) electrons. The first kappa shape index (κ1) is 29.3. The van der Waals surface area contributed by atoms with Crippen molar-refractivity contribution in [1.29, 1.82) is 0 Å². The van der Waals surface area contributed by atoms with Crippen LogP contribution in [0.5, 0.6) is 0 Å². The third-order valence-electron chi connectivity index (χ3n) is 9.37. The van der Waals surface area contributed by atoms with Gasteiger partial charge in [0, 0.05) is 27.5 Å². The topological polar surface area (TPSA) is 70.1 Å². The minimum Gasteiger partial charge on any atom is -0.394 e. The molecule has 3 aliphatic rings. The number of carbonyl (C=O) groups excluding carboxylic acids is 2. The highest BCUT2D eigenvalue weighted by Crippen LogP contribution is 2.58. The molecule has 3 aromatic rings. The van der Waals surface area contributed by atoms with Crippen LogP contribution in [-0.4, -0.2) is 46.2 Å². The number of hydrogen-bond acceptors (Lipinski definition) is 4. The molecule has 8 heteroatoms. The average Bonchev–Trinajstić information content (AvgIpc) is 3.39. The van der Waals surface area contributed by atoms with Crippen LogP contribution in [0.2, 0.25) is 0 Å². The van der Waals surface area contributed by atoms with Crippen LogP contribution in [0.25, 0.3) is 0 Å². The van der Waals surface area contributed by atoms with Crippen molar-refractivity contribution in [2.24, 2.45) is 11.8 Å². The highest BCUT2D eigenvalue weighted by molar-refractivity contribution is 14.1. The Morgan fingerprint density at radius 2 is 1.79 bits per heavy atom. The van der Waals surface area contributed by atoms with Crippen molar-refractivity contribution in [3.05, 3.63) is 98.6 Å². The number of benzene rings is 3. The van der Waals surface area contributed by atoms with Crippen molar-refractivity contribution in [1.82, 2.24) is 4.90 Å². The standard InChI is InChI=1S/C34H36FIN2O4/c1-21-31(33(2,3)35)29(17-30(40)37-19-24-12-8-7-11-23(24)15-26(37)20-39)42-34(21)27-16-25(36)13-14-28(27)38(32(34)41)18-22-9-5-4-6-10-22/h4-14,16,21,26,29,31,39H,15,17-20H2,1-3H3/t21-,26-,29+,31-,34+/m0/s1. The summed E-state index contributed by atoms with van der Waals surface area (Å²) in [5.74, 6) is -1.67. The van der Waals surface area contributed by atoms with Gasteiger partial charge in [-0.1, -0.05) is 61.5 Å². The van der Waals surface area contributed by atoms with Crippen molar-refractivity contribution >= 4 is 40.1 Å². The zero-order chi connectivity index (χ0) is 29.8. The molecule has 5 atom stereocenters. The monoisotopic (exact) mass is 682 g/mol. The number of nitrogens with zero attached hydrogens (tertiary/aromatic N) is 2. The summed E-state index contributed by atoms with van der Waals surface area (Å²) in [6, 6.07) is 23.2. The zero-order valence-corrected chi connectivity index (χ0v) is 26.3. The van der Waals surface area contributed by atoms with Gasteiger partial charge in [-0.25, -0.2) is 4.39 Å². The number of anilines is 1. The van der Waals surface area contributed by atoms with E-state index in [9.17, 15) is 14.7 Å². The van der Waals surface area contributed by atoms with Gasteiger partial charge in [0.25, 0.3) is 5.91 Å². The van der Waals surface area contributed by atoms with Crippen molar-refractivity contribution in [3.8, 4) is 0 Å². The maximum absolute atomic E-state index is 16.1. The molecule has 3 heterocycles. The molecule has 1 N–H and O–H groups in total. The van der Waals surface area contributed by atoms with Gasteiger partial charge in [0.05, 0.1) is 37.4 Å². The number of carbonyl (C=O) groups is 2. The van der Waals surface area contributed by atoms with Gasteiger partial charge in [-0.3, -0.25) is 9.59 Å². The van der Waals surface area contributed by atoms with Crippen LogP contribution in [0.3, 0.4) is 0 Å². The summed E-state index contributed by atoms with van der Waals surface area (Å²) in [7, 11) is 0. The molecule has 0 saturated carbocycles. The molecule has 3 aromatic carbocycles. The van der Waals surface area contributed by atoms with Gasteiger partial charge in [-0.05, 0) is 77.7 Å². The Balaban J connectivity index is 1.36. The van der Waals surface area contributed by atoms with E-state index in [1.807, 2.05) is 79.7 Å². The summed E-state index contributed by atoms with van der Waals surface area (Å²) in [6.45, 7) is 5.49. The fraction of sp³-hybridized carbons (Fsp3) is 0.412. The van der Waals surface area contributed by atoms with Crippen molar-refractivity contribution < 1.29 is 23.8 Å². The quantitative estimate of drug-likeness (QED) is 0.336. The first-order chi connectivity index (χ1) is 20.0. The lowest BCUT2D eigenvalue weighted by molar-refractivity contribution is -0.151. The smallest absolute Gasteiger partial charge is 0.264 e. The molecule has 0 aliphatic carbocycles. The van der Waals surface area contributed by atoms with Gasteiger partial charge in [0.1, 0.15) is 5.67 Å². The molecular formula is C34H36FIN2O4. The number of hydrogen-bond donors (Lipinski definition) is 1. The number of rotatable bonds is 6. The summed E-state index contributed by atoms with van der Waals surface area (Å²) in [4.78, 5) is 31.9. The van der Waals surface area contributed by atoms with Gasteiger partial charge in [-0.15, -0.1) is 0 Å². The van der Waals surface area contributed by atoms with E-state index >= 15 is 4.39 Å². The molecule has 1 saturated heterocycles. The third kappa shape index (κ3) is 4.85. The second-order valence-corrected chi connectivity index (χ2v) is 13.6. The van der Waals surface area contributed by atoms with E-state index in [1.165, 1.54) is 13.8 Å². The molecule has 3 aliphatic heterocycles. The van der Waals surface area contributed by atoms with Gasteiger partial charge in [0.15, 0.2) is 5.60 Å². The van der Waals surface area contributed by atoms with Gasteiger partial charge in [-0.2, -0.15) is 0 Å². The summed E-state index contributed by atoms with van der Waals surface area (Å²) in [5.41, 5.74) is 1.50. The number of halogens is 2. The van der Waals surface area contributed by atoms with Gasteiger partial charge >= 0.3 is 0 Å². The zero-order valence-electron chi connectivity index (χ0n) is 24.1. The van der Waals surface area contributed by atoms with Crippen LogP contribution in [0, 0.1) is 15.4 Å². The summed E-state index contributed by atoms with van der Waals surface area (Å²) >= 11 is 2.23. The lowest BCUT2D eigenvalue weighted by Crippen LogP contribution is -2.48. The van der Waals surface area contributed by atoms with Crippen LogP contribution in [0.4, 0.5) is 10.1 Å². The maximum Gasteiger partial charge on any atom is 0.264 e.